The van der Waals surface area contributed by atoms with Crippen LogP contribution in [-0.4, -0.2) is 42.1 Å². The van der Waals surface area contributed by atoms with Crippen molar-refractivity contribution < 1.29 is 24.1 Å². The number of ether oxygens (including phenoxy) is 3. The van der Waals surface area contributed by atoms with Crippen molar-refractivity contribution in [2.24, 2.45) is 0 Å². The molecule has 0 radical (unpaired) electrons. The third kappa shape index (κ3) is 7.55. The molecular weight excluding hydrogens is 404 g/mol. The van der Waals surface area contributed by atoms with E-state index in [2.05, 4.69) is 13.8 Å². The zero-order valence-corrected chi connectivity index (χ0v) is 18.6. The molecule has 0 aliphatic carbocycles. The molecule has 6 heteroatoms. The molecule has 166 valence electrons. The average Bonchev–Trinajstić information content (AvgIpc) is 2.74. The molecule has 0 aliphatic rings. The second-order valence-corrected chi connectivity index (χ2v) is 7.76. The van der Waals surface area contributed by atoms with E-state index in [1.54, 1.807) is 6.07 Å². The fourth-order valence-corrected chi connectivity index (χ4v) is 3.40. The Balaban J connectivity index is 2.17. The molecule has 0 aromatic heterocycles. The van der Waals surface area contributed by atoms with Gasteiger partial charge in [0, 0.05) is 18.6 Å². The number of carbonyl (C=O) groups is 1. The molecule has 3 unspecified atom stereocenters. The van der Waals surface area contributed by atoms with Gasteiger partial charge in [0.1, 0.15) is 11.9 Å². The molecule has 0 fully saturated rings. The van der Waals surface area contributed by atoms with E-state index in [4.69, 9.17) is 25.8 Å². The predicted molar refractivity (Wildman–Crippen MR) is 120 cm³/mol. The van der Waals surface area contributed by atoms with Crippen LogP contribution in [0, 0.1) is 0 Å². The van der Waals surface area contributed by atoms with Crippen molar-refractivity contribution in [3.63, 3.8) is 0 Å². The maximum atomic E-state index is 13.1. The summed E-state index contributed by atoms with van der Waals surface area (Å²) in [7, 11) is 0. The number of hydrogen-bond acceptors (Lipinski definition) is 5. The first-order chi connectivity index (χ1) is 14.6. The van der Waals surface area contributed by atoms with Gasteiger partial charge in [0.2, 0.25) is 0 Å². The van der Waals surface area contributed by atoms with Gasteiger partial charge >= 0.3 is 5.97 Å². The van der Waals surface area contributed by atoms with E-state index in [1.165, 1.54) is 0 Å². The van der Waals surface area contributed by atoms with Crippen molar-refractivity contribution >= 4 is 28.3 Å². The quantitative estimate of drug-likeness (QED) is 0.184. The molecule has 0 bridgehead atoms. The fraction of sp³-hybridized carbons (Fsp3) is 0.542. The summed E-state index contributed by atoms with van der Waals surface area (Å²) in [5, 5.41) is 11.9. The molecule has 3 atom stereocenters. The van der Waals surface area contributed by atoms with Gasteiger partial charge in [0.05, 0.1) is 0 Å². The topological polar surface area (TPSA) is 65.0 Å². The molecule has 30 heavy (non-hydrogen) atoms. The zero-order chi connectivity index (χ0) is 21.8. The van der Waals surface area contributed by atoms with E-state index in [0.29, 0.717) is 19.0 Å². The van der Waals surface area contributed by atoms with E-state index < -0.39 is 23.7 Å². The van der Waals surface area contributed by atoms with Crippen LogP contribution in [-0.2, 0) is 14.3 Å². The molecule has 0 saturated heterocycles. The van der Waals surface area contributed by atoms with E-state index >= 15 is 0 Å². The lowest BCUT2D eigenvalue weighted by molar-refractivity contribution is -0.164. The second kappa shape index (κ2) is 13.6. The largest absolute Gasteiger partial charge is 0.424 e. The summed E-state index contributed by atoms with van der Waals surface area (Å²) >= 11 is 5.98. The maximum absolute atomic E-state index is 13.1. The van der Waals surface area contributed by atoms with Crippen LogP contribution in [0.25, 0.3) is 10.8 Å². The van der Waals surface area contributed by atoms with Gasteiger partial charge in [-0.05, 0) is 24.3 Å². The Bertz CT molecular complexity index is 759. The number of fused-ring (bicyclic) bond motifs is 1. The number of alkyl halides is 1. The van der Waals surface area contributed by atoms with Gasteiger partial charge in [0.25, 0.3) is 0 Å². The maximum Gasteiger partial charge on any atom is 0.343 e. The number of unbranched alkanes of at least 4 members (excludes halogenated alkanes) is 4. The number of benzene rings is 2. The summed E-state index contributed by atoms with van der Waals surface area (Å²) in [6.45, 7) is 4.93. The Hall–Kier alpha value is -1.66. The predicted octanol–water partition coefficient (Wildman–Crippen LogP) is 5.45. The van der Waals surface area contributed by atoms with Gasteiger partial charge in [-0.1, -0.05) is 87.5 Å². The minimum Gasteiger partial charge on any atom is -0.424 e. The van der Waals surface area contributed by atoms with Crippen LogP contribution in [0.3, 0.4) is 0 Å². The standard InChI is InChI=1S/C24H33ClO5/c1-3-5-9-16-28-21(23(25)26)22(29-17-10-6-4-2)24(27)30-20-15-11-13-18-12-7-8-14-19(18)20/h7-8,11-15,21-23,26H,3-6,9-10,16-17H2,1-2H3. The van der Waals surface area contributed by atoms with Crippen LogP contribution >= 0.6 is 11.6 Å². The number of halogens is 1. The Labute approximate surface area is 184 Å². The molecule has 1 N–H and O–H groups in total. The van der Waals surface area contributed by atoms with Crippen LogP contribution in [0.1, 0.15) is 52.4 Å². The summed E-state index contributed by atoms with van der Waals surface area (Å²) in [6, 6.07) is 13.2. The fourth-order valence-electron chi connectivity index (χ4n) is 3.19. The van der Waals surface area contributed by atoms with Gasteiger partial charge in [0.15, 0.2) is 11.7 Å². The third-order valence-corrected chi connectivity index (χ3v) is 5.11. The SMILES string of the molecule is CCCCCOC(C(=O)Oc1cccc2ccccc12)C(OCCCCC)C(O)Cl. The first kappa shape index (κ1) is 24.6. The highest BCUT2D eigenvalue weighted by Crippen LogP contribution is 2.26. The molecule has 2 aromatic rings. The molecule has 5 nitrogen and oxygen atoms in total. The minimum atomic E-state index is -1.39. The Morgan fingerprint density at radius 1 is 0.933 bits per heavy atom. The van der Waals surface area contributed by atoms with Crippen LogP contribution in [0.4, 0.5) is 0 Å². The summed E-state index contributed by atoms with van der Waals surface area (Å²) in [5.74, 6) is -0.183. The smallest absolute Gasteiger partial charge is 0.343 e. The van der Waals surface area contributed by atoms with Gasteiger partial charge in [-0.3, -0.25) is 0 Å². The first-order valence-electron chi connectivity index (χ1n) is 10.8. The molecule has 0 saturated carbocycles. The minimum absolute atomic E-state index is 0.363. The average molecular weight is 437 g/mol. The van der Waals surface area contributed by atoms with Crippen LogP contribution in [0.15, 0.2) is 42.5 Å². The summed E-state index contributed by atoms with van der Waals surface area (Å²) in [6.07, 6.45) is 3.54. The van der Waals surface area contributed by atoms with E-state index in [-0.39, 0.29) is 0 Å². The lowest BCUT2D eigenvalue weighted by Gasteiger charge is -2.27. The second-order valence-electron chi connectivity index (χ2n) is 7.31. The highest BCUT2D eigenvalue weighted by Gasteiger charge is 2.36. The van der Waals surface area contributed by atoms with Crippen molar-refractivity contribution in [1.29, 1.82) is 0 Å². The Morgan fingerprint density at radius 3 is 2.23 bits per heavy atom. The monoisotopic (exact) mass is 436 g/mol. The summed E-state index contributed by atoms with van der Waals surface area (Å²) in [5.41, 5.74) is -1.39. The van der Waals surface area contributed by atoms with E-state index in [0.717, 1.165) is 49.3 Å². The lowest BCUT2D eigenvalue weighted by Crippen LogP contribution is -2.46. The van der Waals surface area contributed by atoms with Crippen LogP contribution in [0.5, 0.6) is 5.75 Å². The number of hydrogen-bond donors (Lipinski definition) is 1. The molecular formula is C24H33ClO5. The van der Waals surface area contributed by atoms with Gasteiger partial charge < -0.3 is 19.3 Å². The van der Waals surface area contributed by atoms with Gasteiger partial charge in [-0.15, -0.1) is 0 Å². The molecule has 0 amide bonds. The number of esters is 1. The number of carbonyl (C=O) groups excluding carboxylic acids is 1. The van der Waals surface area contributed by atoms with Crippen molar-refractivity contribution in [2.45, 2.75) is 70.1 Å². The highest BCUT2D eigenvalue weighted by atomic mass is 35.5. The van der Waals surface area contributed by atoms with Crippen LogP contribution in [0.2, 0.25) is 0 Å². The van der Waals surface area contributed by atoms with Crippen molar-refractivity contribution in [2.75, 3.05) is 13.2 Å². The van der Waals surface area contributed by atoms with Gasteiger partial charge in [-0.25, -0.2) is 4.79 Å². The summed E-state index contributed by atoms with van der Waals surface area (Å²) < 4.78 is 17.3. The van der Waals surface area contributed by atoms with Crippen molar-refractivity contribution in [3.05, 3.63) is 42.5 Å². The normalized spacial score (nSPS) is 14.4. The van der Waals surface area contributed by atoms with E-state index in [1.807, 2.05) is 36.4 Å². The molecule has 0 aliphatic heterocycles. The van der Waals surface area contributed by atoms with E-state index in [9.17, 15) is 9.90 Å². The molecule has 0 spiro atoms. The van der Waals surface area contributed by atoms with Gasteiger partial charge in [-0.2, -0.15) is 0 Å². The van der Waals surface area contributed by atoms with Crippen molar-refractivity contribution in [1.82, 2.24) is 0 Å². The third-order valence-electron chi connectivity index (χ3n) is 4.87. The molecule has 2 aromatic carbocycles. The van der Waals surface area contributed by atoms with Crippen molar-refractivity contribution in [3.8, 4) is 5.75 Å². The summed E-state index contributed by atoms with van der Waals surface area (Å²) in [4.78, 5) is 13.1. The number of aliphatic hydroxyl groups is 1. The highest BCUT2D eigenvalue weighted by molar-refractivity contribution is 6.20. The first-order valence-corrected chi connectivity index (χ1v) is 11.3. The number of aliphatic hydroxyl groups excluding tert-OH is 1. The van der Waals surface area contributed by atoms with Crippen LogP contribution < -0.4 is 4.74 Å². The Kier molecular flexibility index (Phi) is 11.2. The Morgan fingerprint density at radius 2 is 1.57 bits per heavy atom. The zero-order valence-electron chi connectivity index (χ0n) is 17.9. The molecule has 2 rings (SSSR count). The lowest BCUT2D eigenvalue weighted by atomic mass is 10.1. The number of rotatable bonds is 14. The molecule has 0 heterocycles.